The molecule has 12 nitrogen and oxygen atoms in total. The number of anilines is 1. The molecular weight excluding hydrogens is 638 g/mol. The zero-order chi connectivity index (χ0) is 36.7. The van der Waals surface area contributed by atoms with Crippen LogP contribution in [0.1, 0.15) is 64.0 Å². The number of hydrogen-bond donors (Lipinski definition) is 7. The molecule has 50 heavy (non-hydrogen) atoms. The van der Waals surface area contributed by atoms with Crippen LogP contribution in [0.5, 0.6) is 23.0 Å². The van der Waals surface area contributed by atoms with Gasteiger partial charge in [-0.1, -0.05) is 26.0 Å². The number of guanidine groups is 1. The van der Waals surface area contributed by atoms with Gasteiger partial charge in [-0.3, -0.25) is 15.1 Å². The van der Waals surface area contributed by atoms with Gasteiger partial charge >= 0.3 is 0 Å². The number of aliphatic hydroxyl groups is 1. The van der Waals surface area contributed by atoms with E-state index in [-0.39, 0.29) is 35.1 Å². The molecule has 0 amide bonds. The number of ether oxygens (including phenoxy) is 3. The summed E-state index contributed by atoms with van der Waals surface area (Å²) in [5, 5.41) is 40.1. The third kappa shape index (κ3) is 12.8. The van der Waals surface area contributed by atoms with Gasteiger partial charge in [0.1, 0.15) is 5.60 Å². The van der Waals surface area contributed by atoms with E-state index in [2.05, 4.69) is 34.8 Å². The lowest BCUT2D eigenvalue weighted by Crippen LogP contribution is -2.42. The molecule has 0 aromatic heterocycles. The molecule has 278 valence electrons. The van der Waals surface area contributed by atoms with Crippen LogP contribution in [0, 0.1) is 17.8 Å². The van der Waals surface area contributed by atoms with Crippen LogP contribution in [0.2, 0.25) is 0 Å². The molecule has 2 aromatic carbocycles. The Labute approximate surface area is 297 Å². The lowest BCUT2D eigenvalue weighted by Gasteiger charge is -2.32. The largest absolute Gasteiger partial charge is 0.504 e. The van der Waals surface area contributed by atoms with Gasteiger partial charge in [-0.15, -0.1) is 0 Å². The highest BCUT2D eigenvalue weighted by Gasteiger charge is 2.41. The fraction of sp³-hybridized carbons (Fsp3) is 0.579. The Morgan fingerprint density at radius 2 is 1.92 bits per heavy atom. The third-order valence-corrected chi connectivity index (χ3v) is 9.21. The summed E-state index contributed by atoms with van der Waals surface area (Å²) in [7, 11) is 4.97. The molecule has 0 spiro atoms. The normalized spacial score (nSPS) is 19.2. The first-order valence-electron chi connectivity index (χ1n) is 17.6. The molecule has 0 bridgehead atoms. The molecule has 1 fully saturated rings. The van der Waals surface area contributed by atoms with E-state index in [0.717, 1.165) is 36.8 Å². The van der Waals surface area contributed by atoms with Crippen molar-refractivity contribution in [2.45, 2.75) is 77.4 Å². The van der Waals surface area contributed by atoms with Crippen molar-refractivity contribution >= 4 is 17.4 Å². The van der Waals surface area contributed by atoms with E-state index in [9.17, 15) is 20.1 Å². The SMILES string of the molecule is CN=C(N)Nc1cc(C[C@H](C=CC(=O)CCc2ccc(O)c(OC)c2)C(C)C)cc(O[C@]2(CNC)CC[C@@H](CCOCNC[C@H](C)O)C2)c1O. The second kappa shape index (κ2) is 20.1. The Kier molecular flexibility index (Phi) is 16.3. The van der Waals surface area contributed by atoms with Crippen molar-refractivity contribution in [2.24, 2.45) is 28.5 Å². The monoisotopic (exact) mass is 697 g/mol. The number of likely N-dealkylation sites (N-methyl/N-ethyl adjacent to an activating group) is 1. The molecule has 0 heterocycles. The van der Waals surface area contributed by atoms with Crippen LogP contribution in [0.3, 0.4) is 0 Å². The Morgan fingerprint density at radius 1 is 1.16 bits per heavy atom. The van der Waals surface area contributed by atoms with Crippen molar-refractivity contribution in [2.75, 3.05) is 52.9 Å². The maximum atomic E-state index is 12.9. The highest BCUT2D eigenvalue weighted by Crippen LogP contribution is 2.44. The number of aliphatic hydroxyl groups excluding tert-OH is 1. The summed E-state index contributed by atoms with van der Waals surface area (Å²) in [6.45, 7) is 8.07. The summed E-state index contributed by atoms with van der Waals surface area (Å²) in [5.74, 6) is 1.62. The Bertz CT molecular complexity index is 1430. The van der Waals surface area contributed by atoms with Crippen LogP contribution in [-0.2, 0) is 22.4 Å². The standard InChI is InChI=1S/C38H59N5O7/c1-25(2)30(9-11-31(45)10-7-27-8-12-33(46)34(19-27)48-6)17-29-18-32(43-37(39)41-5)36(47)35(20-29)50-38(23-40-4)15-13-28(21-38)14-16-49-24-42-22-26(3)44/h8-9,11-12,18-20,25-26,28,30,40,42,44,46-47H,7,10,13-17,21-24H2,1-6H3,(H3,39,41,43)/t26-,28-,30-,38+/m0/s1. The van der Waals surface area contributed by atoms with E-state index in [1.807, 2.05) is 25.3 Å². The first kappa shape index (κ1) is 40.6. The van der Waals surface area contributed by atoms with Gasteiger partial charge in [0.05, 0.1) is 25.6 Å². The number of aliphatic imine (C=N–C) groups is 1. The minimum atomic E-state index is -0.521. The number of nitrogens with two attached hydrogens (primary N) is 1. The Hall–Kier alpha value is -3.84. The predicted octanol–water partition coefficient (Wildman–Crippen LogP) is 4.51. The number of nitrogens with zero attached hydrogens (tertiary/aromatic N) is 1. The summed E-state index contributed by atoms with van der Waals surface area (Å²) in [6, 6.07) is 8.86. The summed E-state index contributed by atoms with van der Waals surface area (Å²) in [6.07, 6.45) is 8.17. The predicted molar refractivity (Wildman–Crippen MR) is 198 cm³/mol. The first-order valence-corrected chi connectivity index (χ1v) is 17.6. The van der Waals surface area contributed by atoms with E-state index >= 15 is 0 Å². The quantitative estimate of drug-likeness (QED) is 0.0244. The van der Waals surface area contributed by atoms with Crippen molar-refractivity contribution < 1.29 is 34.3 Å². The number of phenols is 2. The number of carbonyl (C=O) groups is 1. The number of rotatable bonds is 21. The lowest BCUT2D eigenvalue weighted by atomic mass is 9.88. The fourth-order valence-corrected chi connectivity index (χ4v) is 6.36. The van der Waals surface area contributed by atoms with Crippen LogP contribution in [-0.4, -0.2) is 86.4 Å². The van der Waals surface area contributed by atoms with Gasteiger partial charge < -0.3 is 45.9 Å². The molecule has 12 heteroatoms. The number of allylic oxidation sites excluding steroid dienone is 2. The summed E-state index contributed by atoms with van der Waals surface area (Å²) < 4.78 is 17.7. The molecule has 8 N–H and O–H groups in total. The van der Waals surface area contributed by atoms with Gasteiger partial charge in [-0.2, -0.15) is 0 Å². The van der Waals surface area contributed by atoms with Gasteiger partial charge in [-0.05, 0) is 112 Å². The number of benzene rings is 2. The number of carbonyl (C=O) groups excluding carboxylic acids is 1. The zero-order valence-corrected chi connectivity index (χ0v) is 30.6. The average molecular weight is 698 g/mol. The number of methoxy groups -OCH3 is 1. The van der Waals surface area contributed by atoms with E-state index in [1.165, 1.54) is 7.11 Å². The smallest absolute Gasteiger partial charge is 0.192 e. The van der Waals surface area contributed by atoms with Crippen molar-refractivity contribution in [3.8, 4) is 23.0 Å². The molecule has 0 radical (unpaired) electrons. The first-order chi connectivity index (χ1) is 23.9. The topological polar surface area (TPSA) is 180 Å². The van der Waals surface area contributed by atoms with Crippen LogP contribution in [0.15, 0.2) is 47.5 Å². The van der Waals surface area contributed by atoms with Crippen LogP contribution in [0.4, 0.5) is 5.69 Å². The molecular formula is C38H59N5O7. The van der Waals surface area contributed by atoms with Gasteiger partial charge in [0.15, 0.2) is 34.7 Å². The minimum absolute atomic E-state index is 0.0120. The third-order valence-electron chi connectivity index (χ3n) is 9.21. The van der Waals surface area contributed by atoms with Crippen LogP contribution < -0.4 is 31.2 Å². The molecule has 1 saturated carbocycles. The van der Waals surface area contributed by atoms with E-state index in [1.54, 1.807) is 38.2 Å². The minimum Gasteiger partial charge on any atom is -0.504 e. The molecule has 0 aliphatic heterocycles. The zero-order valence-electron chi connectivity index (χ0n) is 30.6. The number of aryl methyl sites for hydroxylation is 1. The molecule has 1 aliphatic carbocycles. The molecule has 3 rings (SSSR count). The highest BCUT2D eigenvalue weighted by molar-refractivity contribution is 5.94. The summed E-state index contributed by atoms with van der Waals surface area (Å²) >= 11 is 0. The van der Waals surface area contributed by atoms with E-state index < -0.39 is 11.7 Å². The van der Waals surface area contributed by atoms with Gasteiger partial charge in [-0.25, -0.2) is 0 Å². The van der Waals surface area contributed by atoms with Crippen LogP contribution in [0.25, 0.3) is 0 Å². The molecule has 1 aliphatic rings. The highest BCUT2D eigenvalue weighted by atomic mass is 16.5. The van der Waals surface area contributed by atoms with Crippen molar-refractivity contribution in [3.05, 3.63) is 53.6 Å². The number of nitrogens with one attached hydrogen (secondary N) is 3. The Morgan fingerprint density at radius 3 is 2.60 bits per heavy atom. The number of hydrogen-bond acceptors (Lipinski definition) is 10. The second-order valence-corrected chi connectivity index (χ2v) is 13.7. The van der Waals surface area contributed by atoms with Crippen molar-refractivity contribution in [3.63, 3.8) is 0 Å². The molecule has 0 saturated heterocycles. The van der Waals surface area contributed by atoms with E-state index in [4.69, 9.17) is 19.9 Å². The van der Waals surface area contributed by atoms with Crippen molar-refractivity contribution in [1.82, 2.24) is 10.6 Å². The average Bonchev–Trinajstić information content (AvgIpc) is 3.47. The molecule has 2 aromatic rings. The fourth-order valence-electron chi connectivity index (χ4n) is 6.36. The van der Waals surface area contributed by atoms with Gasteiger partial charge in [0, 0.05) is 33.2 Å². The molecule has 4 atom stereocenters. The summed E-state index contributed by atoms with van der Waals surface area (Å²) in [4.78, 5) is 16.9. The van der Waals surface area contributed by atoms with Gasteiger partial charge in [0.2, 0.25) is 0 Å². The Balaban J connectivity index is 1.75. The number of ketones is 1. The second-order valence-electron chi connectivity index (χ2n) is 13.7. The number of phenolic OH excluding ortho intramolecular Hbond substituents is 2. The van der Waals surface area contributed by atoms with Crippen molar-refractivity contribution in [1.29, 1.82) is 0 Å². The lowest BCUT2D eigenvalue weighted by molar-refractivity contribution is -0.114. The molecule has 0 unspecified atom stereocenters. The number of aromatic hydroxyl groups is 2. The maximum absolute atomic E-state index is 12.9. The maximum Gasteiger partial charge on any atom is 0.192 e. The van der Waals surface area contributed by atoms with Crippen LogP contribution >= 0.6 is 0 Å². The summed E-state index contributed by atoms with van der Waals surface area (Å²) in [5.41, 5.74) is 7.74. The van der Waals surface area contributed by atoms with E-state index in [0.29, 0.717) is 68.8 Å². The van der Waals surface area contributed by atoms with Gasteiger partial charge in [0.25, 0.3) is 0 Å².